The zero-order valence-corrected chi connectivity index (χ0v) is 9.15. The van der Waals surface area contributed by atoms with Crippen LogP contribution in [0.1, 0.15) is 23.2 Å². The molecule has 1 unspecified atom stereocenters. The Morgan fingerprint density at radius 1 is 1.50 bits per heavy atom. The lowest BCUT2D eigenvalue weighted by Crippen LogP contribution is -2.57. The third kappa shape index (κ3) is 1.71. The SMILES string of the molecule is O=C(NC1CN2CCC1CC2)c1cn[nH]c1. The summed E-state index contributed by atoms with van der Waals surface area (Å²) >= 11 is 0. The van der Waals surface area contributed by atoms with Crippen LogP contribution in [0.2, 0.25) is 0 Å². The molecule has 5 nitrogen and oxygen atoms in total. The van der Waals surface area contributed by atoms with Gasteiger partial charge in [0.1, 0.15) is 0 Å². The van der Waals surface area contributed by atoms with Crippen LogP contribution in [-0.4, -0.2) is 46.7 Å². The average Bonchev–Trinajstić information content (AvgIpc) is 2.84. The number of carbonyl (C=O) groups is 1. The third-order valence-corrected chi connectivity index (χ3v) is 3.73. The summed E-state index contributed by atoms with van der Waals surface area (Å²) in [5, 5.41) is 9.56. The van der Waals surface area contributed by atoms with E-state index in [1.807, 2.05) is 0 Å². The highest BCUT2D eigenvalue weighted by Gasteiger charge is 2.34. The number of hydrogen-bond donors (Lipinski definition) is 2. The highest BCUT2D eigenvalue weighted by molar-refractivity contribution is 5.93. The smallest absolute Gasteiger partial charge is 0.254 e. The van der Waals surface area contributed by atoms with Gasteiger partial charge in [-0.2, -0.15) is 5.10 Å². The van der Waals surface area contributed by atoms with Crippen molar-refractivity contribution in [1.82, 2.24) is 20.4 Å². The van der Waals surface area contributed by atoms with Crippen LogP contribution in [0.15, 0.2) is 12.4 Å². The van der Waals surface area contributed by atoms with Crippen molar-refractivity contribution >= 4 is 5.91 Å². The van der Waals surface area contributed by atoms with Crippen LogP contribution in [0.25, 0.3) is 0 Å². The Bertz CT molecular complexity index is 367. The summed E-state index contributed by atoms with van der Waals surface area (Å²) in [4.78, 5) is 14.3. The number of rotatable bonds is 2. The minimum atomic E-state index is -0.00694. The monoisotopic (exact) mass is 220 g/mol. The molecule has 1 amide bonds. The van der Waals surface area contributed by atoms with Crippen molar-refractivity contribution in [2.24, 2.45) is 5.92 Å². The zero-order chi connectivity index (χ0) is 11.0. The number of carbonyl (C=O) groups excluding carboxylic acids is 1. The van der Waals surface area contributed by atoms with Crippen LogP contribution in [0.3, 0.4) is 0 Å². The van der Waals surface area contributed by atoms with E-state index in [9.17, 15) is 4.79 Å². The molecule has 16 heavy (non-hydrogen) atoms. The second kappa shape index (κ2) is 3.90. The predicted octanol–water partition coefficient (Wildman–Crippen LogP) is 0.234. The minimum absolute atomic E-state index is 0.00694. The first kappa shape index (κ1) is 9.84. The van der Waals surface area contributed by atoms with Gasteiger partial charge in [0.15, 0.2) is 0 Å². The molecule has 4 rings (SSSR count). The van der Waals surface area contributed by atoms with E-state index in [-0.39, 0.29) is 5.91 Å². The topological polar surface area (TPSA) is 61.0 Å². The molecule has 3 saturated heterocycles. The van der Waals surface area contributed by atoms with Crippen molar-refractivity contribution in [2.45, 2.75) is 18.9 Å². The van der Waals surface area contributed by atoms with Gasteiger partial charge in [0.25, 0.3) is 5.91 Å². The Kier molecular flexibility index (Phi) is 2.40. The minimum Gasteiger partial charge on any atom is -0.348 e. The molecule has 3 fully saturated rings. The van der Waals surface area contributed by atoms with Crippen molar-refractivity contribution in [3.05, 3.63) is 18.0 Å². The number of nitrogens with zero attached hydrogens (tertiary/aromatic N) is 2. The summed E-state index contributed by atoms with van der Waals surface area (Å²) in [6.45, 7) is 3.40. The fraction of sp³-hybridized carbons (Fsp3) is 0.636. The van der Waals surface area contributed by atoms with Gasteiger partial charge in [-0.15, -0.1) is 0 Å². The number of nitrogens with one attached hydrogen (secondary N) is 2. The van der Waals surface area contributed by atoms with Crippen LogP contribution in [0.5, 0.6) is 0 Å². The Morgan fingerprint density at radius 2 is 2.31 bits per heavy atom. The summed E-state index contributed by atoms with van der Waals surface area (Å²) in [7, 11) is 0. The first-order valence-corrected chi connectivity index (χ1v) is 5.85. The summed E-state index contributed by atoms with van der Waals surface area (Å²) in [5.74, 6) is 0.661. The first-order valence-electron chi connectivity index (χ1n) is 5.85. The van der Waals surface area contributed by atoms with E-state index in [0.29, 0.717) is 17.5 Å². The average molecular weight is 220 g/mol. The molecule has 0 aromatic carbocycles. The molecule has 0 aliphatic carbocycles. The fourth-order valence-corrected chi connectivity index (χ4v) is 2.76. The van der Waals surface area contributed by atoms with Crippen molar-refractivity contribution in [2.75, 3.05) is 19.6 Å². The van der Waals surface area contributed by atoms with Gasteiger partial charge in [0.05, 0.1) is 11.8 Å². The molecule has 5 heteroatoms. The number of aromatic nitrogens is 2. The lowest BCUT2D eigenvalue weighted by molar-refractivity contribution is 0.0620. The molecular formula is C11H16N4O. The normalized spacial score (nSPS) is 32.6. The van der Waals surface area contributed by atoms with Crippen LogP contribution in [-0.2, 0) is 0 Å². The fourth-order valence-electron chi connectivity index (χ4n) is 2.76. The van der Waals surface area contributed by atoms with E-state index in [4.69, 9.17) is 0 Å². The summed E-state index contributed by atoms with van der Waals surface area (Å²) in [5.41, 5.74) is 0.622. The highest BCUT2D eigenvalue weighted by atomic mass is 16.1. The first-order chi connectivity index (χ1) is 7.83. The van der Waals surface area contributed by atoms with Gasteiger partial charge in [-0.25, -0.2) is 0 Å². The number of hydrogen-bond acceptors (Lipinski definition) is 3. The van der Waals surface area contributed by atoms with E-state index in [1.165, 1.54) is 25.9 Å². The molecule has 1 atom stereocenters. The van der Waals surface area contributed by atoms with Gasteiger partial charge in [0.2, 0.25) is 0 Å². The number of piperidine rings is 3. The largest absolute Gasteiger partial charge is 0.348 e. The van der Waals surface area contributed by atoms with E-state index >= 15 is 0 Å². The molecular weight excluding hydrogens is 204 g/mol. The van der Waals surface area contributed by atoms with Gasteiger partial charge in [-0.1, -0.05) is 0 Å². The van der Waals surface area contributed by atoms with Gasteiger partial charge in [0, 0.05) is 18.8 Å². The van der Waals surface area contributed by atoms with Gasteiger partial charge >= 0.3 is 0 Å². The summed E-state index contributed by atoms with van der Waals surface area (Å²) < 4.78 is 0. The van der Waals surface area contributed by atoms with Crippen molar-refractivity contribution in [3.8, 4) is 0 Å². The van der Waals surface area contributed by atoms with Crippen LogP contribution < -0.4 is 5.32 Å². The molecule has 2 bridgehead atoms. The molecule has 1 aromatic heterocycles. The van der Waals surface area contributed by atoms with Gasteiger partial charge in [-0.3, -0.25) is 9.89 Å². The zero-order valence-electron chi connectivity index (χ0n) is 9.15. The Balaban J connectivity index is 1.65. The maximum Gasteiger partial charge on any atom is 0.254 e. The molecule has 0 radical (unpaired) electrons. The van der Waals surface area contributed by atoms with E-state index in [1.54, 1.807) is 12.4 Å². The third-order valence-electron chi connectivity index (χ3n) is 3.73. The van der Waals surface area contributed by atoms with E-state index < -0.39 is 0 Å². The second-order valence-corrected chi connectivity index (χ2v) is 4.70. The molecule has 1 aromatic rings. The lowest BCUT2D eigenvalue weighted by Gasteiger charge is -2.44. The molecule has 3 aliphatic rings. The Hall–Kier alpha value is -1.36. The van der Waals surface area contributed by atoms with Crippen molar-refractivity contribution in [1.29, 1.82) is 0 Å². The molecule has 0 spiro atoms. The number of H-pyrrole nitrogens is 1. The summed E-state index contributed by atoms with van der Waals surface area (Å²) in [6, 6.07) is 0.324. The molecule has 2 N–H and O–H groups in total. The quantitative estimate of drug-likeness (QED) is 0.750. The van der Waals surface area contributed by atoms with Crippen LogP contribution in [0.4, 0.5) is 0 Å². The number of fused-ring (bicyclic) bond motifs is 3. The van der Waals surface area contributed by atoms with Crippen molar-refractivity contribution < 1.29 is 4.79 Å². The Morgan fingerprint density at radius 3 is 2.88 bits per heavy atom. The standard InChI is InChI=1S/C11H16N4O/c16-11(9-5-12-13-6-9)14-10-7-15-3-1-8(10)2-4-15/h5-6,8,10H,1-4,7H2,(H,12,13)(H,14,16). The summed E-state index contributed by atoms with van der Waals surface area (Å²) in [6.07, 6.45) is 5.64. The van der Waals surface area contributed by atoms with E-state index in [2.05, 4.69) is 20.4 Å². The molecule has 4 heterocycles. The molecule has 0 saturated carbocycles. The maximum atomic E-state index is 11.9. The van der Waals surface area contributed by atoms with Gasteiger partial charge in [-0.05, 0) is 31.8 Å². The van der Waals surface area contributed by atoms with Crippen molar-refractivity contribution in [3.63, 3.8) is 0 Å². The molecule has 86 valence electrons. The maximum absolute atomic E-state index is 11.9. The predicted molar refractivity (Wildman–Crippen MR) is 59.0 cm³/mol. The lowest BCUT2D eigenvalue weighted by atomic mass is 9.84. The second-order valence-electron chi connectivity index (χ2n) is 4.70. The van der Waals surface area contributed by atoms with Gasteiger partial charge < -0.3 is 10.2 Å². The molecule has 3 aliphatic heterocycles. The number of amides is 1. The van der Waals surface area contributed by atoms with Crippen LogP contribution in [0, 0.1) is 5.92 Å². The van der Waals surface area contributed by atoms with Crippen LogP contribution >= 0.6 is 0 Å². The highest BCUT2D eigenvalue weighted by Crippen LogP contribution is 2.27. The Labute approximate surface area is 94.2 Å². The van der Waals surface area contributed by atoms with E-state index in [0.717, 1.165) is 6.54 Å². The number of aromatic amines is 1.